The molecule has 0 rings (SSSR count). The van der Waals surface area contributed by atoms with E-state index in [4.69, 9.17) is 0 Å². The van der Waals surface area contributed by atoms with Crippen LogP contribution in [0.25, 0.3) is 0 Å². The Morgan fingerprint density at radius 1 is 1.00 bits per heavy atom. The summed E-state index contributed by atoms with van der Waals surface area (Å²) in [5.74, 6) is -2.01. The largest absolute Gasteiger partial charge is 2.00 e. The monoisotopic (exact) mass is 422 g/mol. The molecule has 0 aromatic rings. The van der Waals surface area contributed by atoms with E-state index in [-0.39, 0.29) is 30.9 Å². The molecule has 0 N–H and O–H groups in total. The summed E-state index contributed by atoms with van der Waals surface area (Å²) < 4.78 is -0.745. The van der Waals surface area contributed by atoms with Gasteiger partial charge < -0.3 is 19.8 Å². The molecule has 0 heterocycles. The zero-order chi connectivity index (χ0) is 10.3. The van der Waals surface area contributed by atoms with Crippen molar-refractivity contribution >= 4 is 80.2 Å². The maximum atomic E-state index is 9.58. The van der Waals surface area contributed by atoms with Crippen LogP contribution < -0.4 is 10.2 Å². The molecule has 0 aliphatic carbocycles. The minimum atomic E-state index is -1.00. The fourth-order valence-electron chi connectivity index (χ4n) is 0. The van der Waals surface area contributed by atoms with Gasteiger partial charge in [0, 0.05) is 7.85 Å². The average Bonchev–Trinajstić information content (AvgIpc) is 1.88. The number of halogens is 2. The van der Waals surface area contributed by atoms with Gasteiger partial charge in [-0.25, -0.2) is 0 Å². The third-order valence-corrected chi connectivity index (χ3v) is 1.67. The maximum absolute atomic E-state index is 9.58. The van der Waals surface area contributed by atoms with E-state index in [0.717, 1.165) is 0 Å². The van der Waals surface area contributed by atoms with Gasteiger partial charge in [-0.1, -0.05) is 45.2 Å². The Morgan fingerprint density at radius 3 is 1.08 bits per heavy atom. The van der Waals surface area contributed by atoms with Crippen molar-refractivity contribution in [3.63, 3.8) is 0 Å². The molecule has 0 aromatic carbocycles. The van der Waals surface area contributed by atoms with Crippen LogP contribution in [0.15, 0.2) is 0 Å². The van der Waals surface area contributed by atoms with Gasteiger partial charge in [0.2, 0.25) is 0 Å². The van der Waals surface area contributed by atoms with Gasteiger partial charge in [0.1, 0.15) is 0 Å². The molecule has 0 spiro atoms. The van der Waals surface area contributed by atoms with E-state index in [1.807, 2.05) is 0 Å². The minimum Gasteiger partial charge on any atom is -0.549 e. The minimum absolute atomic E-state index is 0. The van der Waals surface area contributed by atoms with E-state index < -0.39 is 11.9 Å². The van der Waals surface area contributed by atoms with E-state index in [1.54, 1.807) is 59.0 Å². The Labute approximate surface area is 120 Å². The molecule has 0 fully saturated rings. The van der Waals surface area contributed by atoms with Gasteiger partial charge in [0.15, 0.2) is 0 Å². The quantitative estimate of drug-likeness (QED) is 0.316. The molecule has 2 unspecified atom stereocenters. The predicted octanol–water partition coefficient (Wildman–Crippen LogP) is -1.26. The van der Waals surface area contributed by atoms with Crippen LogP contribution in [-0.4, -0.2) is 42.8 Å². The number of carboxylic acids is 2. The van der Waals surface area contributed by atoms with Gasteiger partial charge in [0.25, 0.3) is 0 Å². The molecule has 0 amide bonds. The number of aliphatic carboxylic acids is 2. The van der Waals surface area contributed by atoms with Crippen molar-refractivity contribution in [1.29, 1.82) is 0 Å². The summed E-state index contributed by atoms with van der Waals surface area (Å²) in [6.45, 7) is 3.13. The number of hydrogen-bond donors (Lipinski definition) is 0. The van der Waals surface area contributed by atoms with E-state index in [1.165, 1.54) is 0 Å². The van der Waals surface area contributed by atoms with Crippen molar-refractivity contribution in [2.75, 3.05) is 0 Å². The zero-order valence-corrected chi connectivity index (χ0v) is 13.0. The fraction of sp³-hybridized carbons (Fsp3) is 0.667. The Kier molecular flexibility index (Phi) is 17.0. The normalized spacial score (nSPS) is 12.6. The van der Waals surface area contributed by atoms with Crippen LogP contribution in [0.1, 0.15) is 13.8 Å². The molecule has 0 saturated heterocycles. The first-order valence-corrected chi connectivity index (χ1v) is 5.48. The van der Waals surface area contributed by atoms with Gasteiger partial charge in [-0.15, -0.1) is 0 Å². The average molecular weight is 422 g/mol. The maximum Gasteiger partial charge on any atom is 2.00 e. The van der Waals surface area contributed by atoms with Crippen molar-refractivity contribution in [1.82, 2.24) is 0 Å². The molecule has 4 nitrogen and oxygen atoms in total. The molecule has 0 saturated carbocycles. The molecule has 0 aliphatic heterocycles. The van der Waals surface area contributed by atoms with Crippen molar-refractivity contribution in [2.45, 2.75) is 21.7 Å². The second kappa shape index (κ2) is 11.2. The first-order chi connectivity index (χ1) is 5.29. The van der Waals surface area contributed by atoms with Crippen LogP contribution >= 0.6 is 45.2 Å². The molecule has 0 bridgehead atoms. The van der Waals surface area contributed by atoms with Crippen LogP contribution in [-0.2, 0) is 9.59 Å². The molecule has 7 heteroatoms. The van der Waals surface area contributed by atoms with Crippen molar-refractivity contribution in [3.05, 3.63) is 0 Å². The predicted molar refractivity (Wildman–Crippen MR) is 62.7 cm³/mol. The van der Waals surface area contributed by atoms with Gasteiger partial charge in [-0.3, -0.25) is 0 Å². The number of carbonyl (C=O) groups excluding carboxylic acids is 2. The summed E-state index contributed by atoms with van der Waals surface area (Å²) in [4.78, 5) is 19.2. The van der Waals surface area contributed by atoms with E-state index in [9.17, 15) is 19.8 Å². The van der Waals surface area contributed by atoms with E-state index >= 15 is 0 Å². The number of alkyl halides is 2. The smallest absolute Gasteiger partial charge is 0.549 e. The van der Waals surface area contributed by atoms with Gasteiger partial charge in [-0.2, -0.15) is 0 Å². The molecular formula is C6H8I2MgO4. The summed E-state index contributed by atoms with van der Waals surface area (Å²) in [5.41, 5.74) is 0. The molecule has 0 aliphatic rings. The van der Waals surface area contributed by atoms with Gasteiger partial charge >= 0.3 is 23.1 Å². The Bertz CT molecular complexity index is 143. The Morgan fingerprint density at radius 2 is 1.08 bits per heavy atom. The SMILES string of the molecule is CC(I)C(=O)[O-].CC(I)C(=O)[O-].[Mg+2]. The molecule has 2 atom stereocenters. The number of hydrogen-bond acceptors (Lipinski definition) is 4. The standard InChI is InChI=1S/2C3H5IO2.Mg/c2*1-2(4)3(5)6;/h2*2H,1H3,(H,5,6);/q;;+2/p-2. The summed E-state index contributed by atoms with van der Waals surface area (Å²) in [7, 11) is 0. The molecule has 72 valence electrons. The number of rotatable bonds is 2. The van der Waals surface area contributed by atoms with Crippen LogP contribution in [0.3, 0.4) is 0 Å². The Hall–Kier alpha value is 1.17. The second-order valence-electron chi connectivity index (χ2n) is 1.87. The van der Waals surface area contributed by atoms with Crippen LogP contribution in [0.2, 0.25) is 0 Å². The first kappa shape index (κ1) is 19.7. The Balaban J connectivity index is -0.000000143. The molecular weight excluding hydrogens is 414 g/mol. The van der Waals surface area contributed by atoms with Crippen molar-refractivity contribution in [2.24, 2.45) is 0 Å². The van der Waals surface area contributed by atoms with Crippen LogP contribution in [0.4, 0.5) is 0 Å². The summed E-state index contributed by atoms with van der Waals surface area (Å²) in [6.07, 6.45) is 0. The third-order valence-electron chi connectivity index (χ3n) is 0.650. The second-order valence-corrected chi connectivity index (χ2v) is 5.61. The topological polar surface area (TPSA) is 80.3 Å². The fourth-order valence-corrected chi connectivity index (χ4v) is 0. The van der Waals surface area contributed by atoms with Crippen LogP contribution in [0.5, 0.6) is 0 Å². The molecule has 13 heavy (non-hydrogen) atoms. The molecule has 0 aromatic heterocycles. The van der Waals surface area contributed by atoms with Gasteiger partial charge in [-0.05, 0) is 13.8 Å². The summed E-state index contributed by atoms with van der Waals surface area (Å²) in [6, 6.07) is 0. The third kappa shape index (κ3) is 19.5. The van der Waals surface area contributed by atoms with E-state index in [2.05, 4.69) is 0 Å². The summed E-state index contributed by atoms with van der Waals surface area (Å²) in [5, 5.41) is 19.2. The van der Waals surface area contributed by atoms with Crippen LogP contribution in [0, 0.1) is 0 Å². The van der Waals surface area contributed by atoms with Crippen molar-refractivity contribution in [3.8, 4) is 0 Å². The molecule has 0 radical (unpaired) electrons. The first-order valence-electron chi connectivity index (χ1n) is 2.98. The van der Waals surface area contributed by atoms with E-state index in [0.29, 0.717) is 0 Å². The number of carboxylic acid groups (broad SMARTS) is 2. The summed E-state index contributed by atoms with van der Waals surface area (Å²) >= 11 is 3.54. The van der Waals surface area contributed by atoms with Gasteiger partial charge in [0.05, 0.1) is 11.9 Å². The van der Waals surface area contributed by atoms with Crippen molar-refractivity contribution < 1.29 is 19.8 Å². The number of carbonyl (C=O) groups is 2. The zero-order valence-electron chi connectivity index (χ0n) is 7.25.